The minimum atomic E-state index is -0.871. The molecule has 37 heavy (non-hydrogen) atoms. The fourth-order valence-electron chi connectivity index (χ4n) is 3.11. The number of halogens is 3. The van der Waals surface area contributed by atoms with Gasteiger partial charge in [0.15, 0.2) is 23.2 Å². The average molecular weight is 528 g/mol. The lowest BCUT2D eigenvalue weighted by Crippen LogP contribution is -2.31. The van der Waals surface area contributed by atoms with E-state index in [1.54, 1.807) is 39.0 Å². The third kappa shape index (κ3) is 12.0. The first kappa shape index (κ1) is 36.6. The second kappa shape index (κ2) is 14.4. The second-order valence-electron chi connectivity index (χ2n) is 11.4. The van der Waals surface area contributed by atoms with Gasteiger partial charge in [-0.1, -0.05) is 74.6 Å². The summed E-state index contributed by atoms with van der Waals surface area (Å²) in [6.07, 6.45) is 0. The SMILES string of the molecule is C.C.CC(C)(C)OC(=O)CNCc1ccc(C(C)(C)C)c(F)c1F.COc1ccc(C(C)(C)C)cc1F. The Hall–Kier alpha value is -2.54. The van der Waals surface area contributed by atoms with Gasteiger partial charge in [0.2, 0.25) is 0 Å². The molecule has 0 atom stereocenters. The number of nitrogens with one attached hydrogen (secondary N) is 1. The summed E-state index contributed by atoms with van der Waals surface area (Å²) in [5.74, 6) is -2.13. The molecule has 0 spiro atoms. The van der Waals surface area contributed by atoms with Crippen LogP contribution in [0.3, 0.4) is 0 Å². The van der Waals surface area contributed by atoms with Crippen LogP contribution in [0.4, 0.5) is 13.2 Å². The van der Waals surface area contributed by atoms with E-state index in [1.807, 2.05) is 47.6 Å². The predicted molar refractivity (Wildman–Crippen MR) is 148 cm³/mol. The van der Waals surface area contributed by atoms with E-state index in [2.05, 4.69) is 5.32 Å². The maximum Gasteiger partial charge on any atom is 0.320 e. The van der Waals surface area contributed by atoms with Gasteiger partial charge in [-0.15, -0.1) is 0 Å². The Morgan fingerprint density at radius 2 is 1.41 bits per heavy atom. The number of esters is 1. The molecule has 0 unspecified atom stereocenters. The molecule has 1 N–H and O–H groups in total. The molecular formula is C30H48F3NO3. The van der Waals surface area contributed by atoms with Crippen molar-refractivity contribution in [1.82, 2.24) is 5.32 Å². The lowest BCUT2D eigenvalue weighted by atomic mass is 9.86. The van der Waals surface area contributed by atoms with Crippen LogP contribution in [0.25, 0.3) is 0 Å². The van der Waals surface area contributed by atoms with E-state index in [0.717, 1.165) is 5.56 Å². The van der Waals surface area contributed by atoms with E-state index >= 15 is 0 Å². The maximum atomic E-state index is 14.1. The summed E-state index contributed by atoms with van der Waals surface area (Å²) in [6, 6.07) is 8.21. The highest BCUT2D eigenvalue weighted by molar-refractivity contribution is 5.72. The molecule has 0 saturated heterocycles. The molecule has 0 aliphatic heterocycles. The molecule has 0 saturated carbocycles. The maximum absolute atomic E-state index is 14.1. The predicted octanol–water partition coefficient (Wildman–Crippen LogP) is 8.10. The van der Waals surface area contributed by atoms with Gasteiger partial charge in [-0.3, -0.25) is 4.79 Å². The third-order valence-corrected chi connectivity index (χ3v) is 4.99. The molecule has 2 rings (SSSR count). The number of rotatable bonds is 5. The molecule has 4 nitrogen and oxygen atoms in total. The smallest absolute Gasteiger partial charge is 0.320 e. The normalized spacial score (nSPS) is 11.4. The summed E-state index contributed by atoms with van der Waals surface area (Å²) in [6.45, 7) is 16.9. The van der Waals surface area contributed by atoms with Gasteiger partial charge in [0.05, 0.1) is 13.7 Å². The zero-order chi connectivity index (χ0) is 27.2. The first-order valence-corrected chi connectivity index (χ1v) is 11.6. The van der Waals surface area contributed by atoms with Crippen LogP contribution in [-0.2, 0) is 26.9 Å². The molecular weight excluding hydrogens is 479 g/mol. The standard InChI is InChI=1S/C17H25F2NO2.C11H15FO.2CH4/c1-16(2,3)12-8-7-11(14(18)15(12)19)9-20-10-13(21)22-17(4,5)6;1-11(2,3)8-5-6-10(13-4)9(12)7-8;;/h7-8,20H,9-10H2,1-6H3;5-7H,1-4H3;2*1H4. The van der Waals surface area contributed by atoms with Crippen molar-refractivity contribution in [2.45, 2.75) is 100 Å². The van der Waals surface area contributed by atoms with E-state index in [-0.39, 0.29) is 44.7 Å². The summed E-state index contributed by atoms with van der Waals surface area (Å²) in [4.78, 5) is 11.5. The van der Waals surface area contributed by atoms with E-state index in [0.29, 0.717) is 11.3 Å². The number of methoxy groups -OCH3 is 1. The third-order valence-electron chi connectivity index (χ3n) is 4.99. The number of hydrogen-bond donors (Lipinski definition) is 1. The van der Waals surface area contributed by atoms with Crippen molar-refractivity contribution in [3.8, 4) is 5.75 Å². The van der Waals surface area contributed by atoms with Crippen LogP contribution in [0.2, 0.25) is 0 Å². The highest BCUT2D eigenvalue weighted by atomic mass is 19.2. The summed E-state index contributed by atoms with van der Waals surface area (Å²) in [5, 5.41) is 2.77. The number of hydrogen-bond acceptors (Lipinski definition) is 4. The minimum absolute atomic E-state index is 0. The summed E-state index contributed by atoms with van der Waals surface area (Å²) < 4.78 is 51.3. The number of carbonyl (C=O) groups is 1. The van der Waals surface area contributed by atoms with Crippen molar-refractivity contribution in [2.24, 2.45) is 0 Å². The van der Waals surface area contributed by atoms with Crippen molar-refractivity contribution in [2.75, 3.05) is 13.7 Å². The monoisotopic (exact) mass is 527 g/mol. The lowest BCUT2D eigenvalue weighted by molar-refractivity contribution is -0.153. The Balaban J connectivity index is 0. The molecule has 0 bridgehead atoms. The molecule has 7 heteroatoms. The quantitative estimate of drug-likeness (QED) is 0.399. The Morgan fingerprint density at radius 1 is 0.838 bits per heavy atom. The van der Waals surface area contributed by atoms with Gasteiger partial charge >= 0.3 is 5.97 Å². The first-order chi connectivity index (χ1) is 15.9. The second-order valence-corrected chi connectivity index (χ2v) is 11.4. The minimum Gasteiger partial charge on any atom is -0.494 e. The molecule has 0 amide bonds. The largest absolute Gasteiger partial charge is 0.494 e. The van der Waals surface area contributed by atoms with Gasteiger partial charge in [-0.25, -0.2) is 13.2 Å². The molecule has 212 valence electrons. The van der Waals surface area contributed by atoms with Crippen LogP contribution < -0.4 is 10.1 Å². The fourth-order valence-corrected chi connectivity index (χ4v) is 3.11. The topological polar surface area (TPSA) is 47.6 Å². The molecule has 0 aliphatic rings. The highest BCUT2D eigenvalue weighted by Gasteiger charge is 2.23. The molecule has 0 fully saturated rings. The first-order valence-electron chi connectivity index (χ1n) is 11.6. The van der Waals surface area contributed by atoms with Gasteiger partial charge in [-0.2, -0.15) is 0 Å². The highest BCUT2D eigenvalue weighted by Crippen LogP contribution is 2.28. The number of carbonyl (C=O) groups excluding carboxylic acids is 1. The fraction of sp³-hybridized carbons (Fsp3) is 0.567. The van der Waals surface area contributed by atoms with Crippen LogP contribution >= 0.6 is 0 Å². The Kier molecular flexibility index (Phi) is 14.3. The van der Waals surface area contributed by atoms with Crippen molar-refractivity contribution >= 4 is 5.97 Å². The zero-order valence-electron chi connectivity index (χ0n) is 22.7. The van der Waals surface area contributed by atoms with Crippen molar-refractivity contribution in [3.63, 3.8) is 0 Å². The van der Waals surface area contributed by atoms with E-state index < -0.39 is 28.6 Å². The Labute approximate surface area is 223 Å². The van der Waals surface area contributed by atoms with E-state index in [1.165, 1.54) is 13.2 Å². The van der Waals surface area contributed by atoms with Crippen LogP contribution in [0.15, 0.2) is 30.3 Å². The average Bonchev–Trinajstić information content (AvgIpc) is 2.68. The van der Waals surface area contributed by atoms with Gasteiger partial charge < -0.3 is 14.8 Å². The van der Waals surface area contributed by atoms with Crippen LogP contribution in [0.5, 0.6) is 5.75 Å². The van der Waals surface area contributed by atoms with Gasteiger partial charge in [0, 0.05) is 12.1 Å². The molecule has 0 aliphatic carbocycles. The van der Waals surface area contributed by atoms with E-state index in [9.17, 15) is 18.0 Å². The van der Waals surface area contributed by atoms with Gasteiger partial charge in [-0.05, 0) is 54.9 Å². The van der Waals surface area contributed by atoms with Crippen molar-refractivity contribution in [3.05, 3.63) is 64.5 Å². The Bertz CT molecular complexity index is 1000. The molecule has 0 aromatic heterocycles. The molecule has 2 aromatic carbocycles. The van der Waals surface area contributed by atoms with Crippen LogP contribution in [0, 0.1) is 17.5 Å². The van der Waals surface area contributed by atoms with E-state index in [4.69, 9.17) is 9.47 Å². The zero-order valence-corrected chi connectivity index (χ0v) is 22.7. The van der Waals surface area contributed by atoms with Crippen LogP contribution in [-0.4, -0.2) is 25.2 Å². The molecule has 0 heterocycles. The molecule has 2 aromatic rings. The molecule has 0 radical (unpaired) electrons. The lowest BCUT2D eigenvalue weighted by Gasteiger charge is -2.21. The van der Waals surface area contributed by atoms with Crippen molar-refractivity contribution in [1.29, 1.82) is 0 Å². The summed E-state index contributed by atoms with van der Waals surface area (Å²) >= 11 is 0. The summed E-state index contributed by atoms with van der Waals surface area (Å²) in [5.41, 5.74) is 0.450. The number of benzene rings is 2. The Morgan fingerprint density at radius 3 is 1.84 bits per heavy atom. The summed E-state index contributed by atoms with van der Waals surface area (Å²) in [7, 11) is 1.47. The van der Waals surface area contributed by atoms with Gasteiger partial charge in [0.25, 0.3) is 0 Å². The van der Waals surface area contributed by atoms with Crippen molar-refractivity contribution < 1.29 is 27.4 Å². The number of ether oxygens (including phenoxy) is 2. The van der Waals surface area contributed by atoms with Crippen LogP contribution in [0.1, 0.15) is 93.9 Å². The van der Waals surface area contributed by atoms with Gasteiger partial charge in [0.1, 0.15) is 5.60 Å².